The van der Waals surface area contributed by atoms with Gasteiger partial charge in [0.25, 0.3) is 0 Å². The topological polar surface area (TPSA) is 30.5 Å². The van der Waals surface area contributed by atoms with Crippen molar-refractivity contribution in [3.63, 3.8) is 0 Å². The largest absolute Gasteiger partial charge is 0.370 e. The van der Waals surface area contributed by atoms with E-state index in [1.807, 2.05) is 54.6 Å². The standard InChI is InChI=1S/C30H35NO2/c1-3-14-28(31-22-25-15-8-5-9-16-25)21-30(33-24-27-19-12-7-13-20-27)29(4-2)32-23-26-17-10-6-11-18-26/h3-13,15-20,28-31H,1-2,14,21-24H2/t28-,29-,30-/m1/s1. The molecule has 3 aromatic carbocycles. The lowest BCUT2D eigenvalue weighted by atomic mass is 10.0. The minimum atomic E-state index is -0.222. The summed E-state index contributed by atoms with van der Waals surface area (Å²) in [6.45, 7) is 9.87. The molecular formula is C30H35NO2. The van der Waals surface area contributed by atoms with Gasteiger partial charge in [0.2, 0.25) is 0 Å². The van der Waals surface area contributed by atoms with Crippen molar-refractivity contribution >= 4 is 0 Å². The molecule has 3 nitrogen and oxygen atoms in total. The van der Waals surface area contributed by atoms with Crippen molar-refractivity contribution in [2.45, 2.75) is 50.8 Å². The molecule has 0 bridgehead atoms. The number of hydrogen-bond acceptors (Lipinski definition) is 3. The van der Waals surface area contributed by atoms with Gasteiger partial charge in [-0.25, -0.2) is 0 Å². The van der Waals surface area contributed by atoms with Crippen LogP contribution in [0, 0.1) is 0 Å². The monoisotopic (exact) mass is 441 g/mol. The number of nitrogens with one attached hydrogen (secondary N) is 1. The summed E-state index contributed by atoms with van der Waals surface area (Å²) in [5, 5.41) is 3.68. The van der Waals surface area contributed by atoms with Gasteiger partial charge in [-0.05, 0) is 29.5 Å². The fourth-order valence-electron chi connectivity index (χ4n) is 3.77. The van der Waals surface area contributed by atoms with Gasteiger partial charge in [-0.3, -0.25) is 0 Å². The van der Waals surface area contributed by atoms with Crippen molar-refractivity contribution < 1.29 is 9.47 Å². The van der Waals surface area contributed by atoms with E-state index in [2.05, 4.69) is 67.0 Å². The number of hydrogen-bond donors (Lipinski definition) is 1. The molecule has 3 heteroatoms. The summed E-state index contributed by atoms with van der Waals surface area (Å²) in [6, 6.07) is 31.1. The zero-order valence-corrected chi connectivity index (χ0v) is 19.3. The average molecular weight is 442 g/mol. The third kappa shape index (κ3) is 8.82. The third-order valence-electron chi connectivity index (χ3n) is 5.60. The molecule has 0 aliphatic heterocycles. The van der Waals surface area contributed by atoms with Crippen molar-refractivity contribution in [1.29, 1.82) is 0 Å². The molecule has 0 amide bonds. The Balaban J connectivity index is 1.68. The van der Waals surface area contributed by atoms with Gasteiger partial charge in [0, 0.05) is 12.6 Å². The molecule has 0 saturated heterocycles. The van der Waals surface area contributed by atoms with E-state index >= 15 is 0 Å². The molecule has 0 radical (unpaired) electrons. The Hall–Kier alpha value is -2.98. The Bertz CT molecular complexity index is 927. The van der Waals surface area contributed by atoms with E-state index < -0.39 is 0 Å². The minimum Gasteiger partial charge on any atom is -0.370 e. The maximum atomic E-state index is 6.43. The summed E-state index contributed by atoms with van der Waals surface area (Å²) in [6.07, 6.45) is 5.10. The van der Waals surface area contributed by atoms with Crippen LogP contribution in [0.5, 0.6) is 0 Å². The summed E-state index contributed by atoms with van der Waals surface area (Å²) in [4.78, 5) is 0. The van der Waals surface area contributed by atoms with Gasteiger partial charge in [-0.1, -0.05) is 103 Å². The zero-order valence-electron chi connectivity index (χ0n) is 19.3. The summed E-state index contributed by atoms with van der Waals surface area (Å²) in [5.74, 6) is 0. The molecule has 1 N–H and O–H groups in total. The highest BCUT2D eigenvalue weighted by Gasteiger charge is 2.24. The van der Waals surface area contributed by atoms with Crippen molar-refractivity contribution in [3.05, 3.63) is 133 Å². The van der Waals surface area contributed by atoms with E-state index in [0.717, 1.165) is 30.5 Å². The molecule has 0 aliphatic carbocycles. The van der Waals surface area contributed by atoms with E-state index in [0.29, 0.717) is 13.2 Å². The van der Waals surface area contributed by atoms with Crippen LogP contribution in [-0.4, -0.2) is 18.2 Å². The molecule has 3 aromatic rings. The summed E-state index contributed by atoms with van der Waals surface area (Å²) >= 11 is 0. The first-order chi connectivity index (χ1) is 16.3. The van der Waals surface area contributed by atoms with E-state index in [1.165, 1.54) is 5.56 Å². The first kappa shape index (κ1) is 24.7. The zero-order chi connectivity index (χ0) is 23.1. The number of ether oxygens (including phenoxy) is 2. The molecule has 33 heavy (non-hydrogen) atoms. The van der Waals surface area contributed by atoms with Crippen LogP contribution >= 0.6 is 0 Å². The lowest BCUT2D eigenvalue weighted by molar-refractivity contribution is -0.0712. The predicted octanol–water partition coefficient (Wildman–Crippen LogP) is 6.47. The second-order valence-corrected chi connectivity index (χ2v) is 8.16. The van der Waals surface area contributed by atoms with Crippen LogP contribution in [0.25, 0.3) is 0 Å². The van der Waals surface area contributed by atoms with Crippen LogP contribution in [0.2, 0.25) is 0 Å². The second-order valence-electron chi connectivity index (χ2n) is 8.16. The highest BCUT2D eigenvalue weighted by Crippen LogP contribution is 2.19. The Morgan fingerprint density at radius 1 is 0.697 bits per heavy atom. The minimum absolute atomic E-state index is 0.139. The van der Waals surface area contributed by atoms with Crippen LogP contribution in [0.15, 0.2) is 116 Å². The molecule has 0 saturated carbocycles. The molecule has 0 fully saturated rings. The Kier molecular flexibility index (Phi) is 10.6. The van der Waals surface area contributed by atoms with Gasteiger partial charge < -0.3 is 14.8 Å². The van der Waals surface area contributed by atoms with Crippen molar-refractivity contribution in [2.75, 3.05) is 0 Å². The summed E-state index contributed by atoms with van der Waals surface area (Å²) in [7, 11) is 0. The molecule has 0 aliphatic rings. The predicted molar refractivity (Wildman–Crippen MR) is 137 cm³/mol. The second kappa shape index (κ2) is 14.2. The summed E-state index contributed by atoms with van der Waals surface area (Å²) < 4.78 is 12.7. The lowest BCUT2D eigenvalue weighted by Crippen LogP contribution is -2.38. The molecule has 0 unspecified atom stereocenters. The molecule has 172 valence electrons. The highest BCUT2D eigenvalue weighted by molar-refractivity contribution is 5.16. The Morgan fingerprint density at radius 3 is 1.73 bits per heavy atom. The van der Waals surface area contributed by atoms with Crippen molar-refractivity contribution in [3.8, 4) is 0 Å². The van der Waals surface area contributed by atoms with Gasteiger partial charge in [0.15, 0.2) is 0 Å². The van der Waals surface area contributed by atoms with Crippen LogP contribution in [0.3, 0.4) is 0 Å². The van der Waals surface area contributed by atoms with Crippen molar-refractivity contribution in [2.24, 2.45) is 0 Å². The van der Waals surface area contributed by atoms with Crippen LogP contribution in [0.4, 0.5) is 0 Å². The fraction of sp³-hybridized carbons (Fsp3) is 0.267. The van der Waals surface area contributed by atoms with Gasteiger partial charge >= 0.3 is 0 Å². The number of rotatable bonds is 15. The van der Waals surface area contributed by atoms with Crippen LogP contribution in [-0.2, 0) is 29.2 Å². The maximum absolute atomic E-state index is 6.43. The molecular weight excluding hydrogens is 406 g/mol. The normalized spacial score (nSPS) is 13.7. The Labute approximate surface area is 198 Å². The number of benzene rings is 3. The van der Waals surface area contributed by atoms with Gasteiger partial charge in [0.1, 0.15) is 6.10 Å². The van der Waals surface area contributed by atoms with E-state index in [4.69, 9.17) is 9.47 Å². The molecule has 0 spiro atoms. The van der Waals surface area contributed by atoms with Gasteiger partial charge in [-0.15, -0.1) is 13.2 Å². The molecule has 0 heterocycles. The molecule has 3 rings (SSSR count). The van der Waals surface area contributed by atoms with E-state index in [1.54, 1.807) is 0 Å². The van der Waals surface area contributed by atoms with E-state index in [9.17, 15) is 0 Å². The van der Waals surface area contributed by atoms with Gasteiger partial charge in [0.05, 0.1) is 19.3 Å². The maximum Gasteiger partial charge on any atom is 0.102 e. The SMILES string of the molecule is C=CC[C@H](C[C@@H](OCc1ccccc1)[C@@H](C=C)OCc1ccccc1)NCc1ccccc1. The van der Waals surface area contributed by atoms with Crippen LogP contribution < -0.4 is 5.32 Å². The van der Waals surface area contributed by atoms with Gasteiger partial charge in [-0.2, -0.15) is 0 Å². The first-order valence-corrected chi connectivity index (χ1v) is 11.6. The average Bonchev–Trinajstić information content (AvgIpc) is 2.88. The molecule has 3 atom stereocenters. The summed E-state index contributed by atoms with van der Waals surface area (Å²) in [5.41, 5.74) is 3.54. The lowest BCUT2D eigenvalue weighted by Gasteiger charge is -2.29. The third-order valence-corrected chi connectivity index (χ3v) is 5.60. The Morgan fingerprint density at radius 2 is 1.21 bits per heavy atom. The van der Waals surface area contributed by atoms with Crippen molar-refractivity contribution in [1.82, 2.24) is 5.32 Å². The van der Waals surface area contributed by atoms with Crippen LogP contribution in [0.1, 0.15) is 29.5 Å². The first-order valence-electron chi connectivity index (χ1n) is 11.6. The highest BCUT2D eigenvalue weighted by atomic mass is 16.5. The quantitative estimate of drug-likeness (QED) is 0.274. The van der Waals surface area contributed by atoms with E-state index in [-0.39, 0.29) is 18.2 Å². The smallest absolute Gasteiger partial charge is 0.102 e. The fourth-order valence-corrected chi connectivity index (χ4v) is 3.77. The molecule has 0 aromatic heterocycles.